The van der Waals surface area contributed by atoms with Gasteiger partial charge in [0.1, 0.15) is 5.82 Å². The fraction of sp³-hybridized carbons (Fsp3) is 0.500. The van der Waals surface area contributed by atoms with Crippen molar-refractivity contribution in [2.45, 2.75) is 70.9 Å². The van der Waals surface area contributed by atoms with Crippen molar-refractivity contribution in [2.75, 3.05) is 5.32 Å². The highest BCUT2D eigenvalue weighted by molar-refractivity contribution is 6.43. The maximum atomic E-state index is 13.6. The predicted molar refractivity (Wildman–Crippen MR) is 126 cm³/mol. The Kier molecular flexibility index (Phi) is 6.38. The van der Waals surface area contributed by atoms with Gasteiger partial charge in [-0.05, 0) is 94.5 Å². The Morgan fingerprint density at radius 1 is 1.09 bits per heavy atom. The average molecular weight is 470 g/mol. The number of aliphatic hydroxyl groups is 1. The quantitative estimate of drug-likeness (QED) is 0.443. The van der Waals surface area contributed by atoms with E-state index < -0.39 is 23.1 Å². The molecule has 2 saturated carbocycles. The number of amides is 2. The van der Waals surface area contributed by atoms with Crippen LogP contribution in [0.5, 0.6) is 0 Å². The summed E-state index contributed by atoms with van der Waals surface area (Å²) in [5, 5.41) is 15.7. The van der Waals surface area contributed by atoms with Crippen LogP contribution < -0.4 is 10.6 Å². The molecule has 2 aromatic rings. The lowest BCUT2D eigenvalue weighted by molar-refractivity contribution is -0.120. The minimum Gasteiger partial charge on any atom is -0.393 e. The molecule has 182 valence electrons. The minimum atomic E-state index is -0.675. The molecule has 4 rings (SSSR count). The van der Waals surface area contributed by atoms with Crippen LogP contribution in [0.4, 0.5) is 10.1 Å². The van der Waals surface area contributed by atoms with Crippen LogP contribution in [0.3, 0.4) is 0 Å². The first kappa shape index (κ1) is 24.1. The molecule has 0 radical (unpaired) electrons. The Balaban J connectivity index is 1.56. The number of Topliss-reactive ketones (excluding diaryl/α,β-unsaturated/α-hetero) is 1. The Morgan fingerprint density at radius 2 is 1.74 bits per heavy atom. The van der Waals surface area contributed by atoms with Crippen LogP contribution in [0, 0.1) is 32.5 Å². The number of ketones is 1. The van der Waals surface area contributed by atoms with Crippen LogP contribution in [0.2, 0.25) is 0 Å². The van der Waals surface area contributed by atoms with Crippen LogP contribution in [0.15, 0.2) is 18.2 Å². The molecular weight excluding hydrogens is 437 g/mol. The average Bonchev–Trinajstić information content (AvgIpc) is 3.61. The highest BCUT2D eigenvalue weighted by Crippen LogP contribution is 2.47. The first-order chi connectivity index (χ1) is 16.0. The zero-order valence-corrected chi connectivity index (χ0v) is 20.1. The number of anilines is 1. The third-order valence-corrected chi connectivity index (χ3v) is 7.56. The molecule has 34 heavy (non-hydrogen) atoms. The van der Waals surface area contributed by atoms with Crippen molar-refractivity contribution in [2.24, 2.45) is 13.0 Å². The van der Waals surface area contributed by atoms with Gasteiger partial charge in [0.25, 0.3) is 17.6 Å². The van der Waals surface area contributed by atoms with Gasteiger partial charge in [-0.15, -0.1) is 0 Å². The normalized spacial score (nSPS) is 22.4. The summed E-state index contributed by atoms with van der Waals surface area (Å²) < 4.78 is 15.2. The van der Waals surface area contributed by atoms with E-state index in [9.17, 15) is 23.9 Å². The van der Waals surface area contributed by atoms with Gasteiger partial charge < -0.3 is 20.3 Å². The summed E-state index contributed by atoms with van der Waals surface area (Å²) in [6, 6.07) is 4.31. The number of aromatic nitrogens is 1. The number of hydrogen-bond donors (Lipinski definition) is 3. The van der Waals surface area contributed by atoms with Crippen LogP contribution in [0.1, 0.15) is 76.2 Å². The van der Waals surface area contributed by atoms with E-state index in [2.05, 4.69) is 10.6 Å². The fourth-order valence-corrected chi connectivity index (χ4v) is 5.33. The number of halogens is 1. The molecule has 2 aliphatic rings. The fourth-order valence-electron chi connectivity index (χ4n) is 5.33. The summed E-state index contributed by atoms with van der Waals surface area (Å²) in [5.41, 5.74) is 1.89. The van der Waals surface area contributed by atoms with Crippen molar-refractivity contribution in [1.82, 2.24) is 9.88 Å². The molecule has 2 fully saturated rings. The molecule has 0 saturated heterocycles. The maximum absolute atomic E-state index is 13.6. The molecule has 0 atom stereocenters. The van der Waals surface area contributed by atoms with E-state index in [0.29, 0.717) is 59.7 Å². The SMILES string of the molecule is Cc1cc(NC(=O)c2c(C)c(C(=O)C(=O)N[C@]3(C4CC4)CC[C@@H](O)CC3)n(C)c2C)ccc1F. The lowest BCUT2D eigenvalue weighted by atomic mass is 9.76. The Hall–Kier alpha value is -3.00. The molecular formula is C26H32FN3O4. The van der Waals surface area contributed by atoms with E-state index in [1.165, 1.54) is 12.1 Å². The molecule has 7 nitrogen and oxygen atoms in total. The standard InChI is InChI=1S/C26H32FN3O4/c1-14-13-18(7-8-20(14)27)28-24(33)21-15(2)22(30(4)16(21)3)23(32)25(34)29-26(17-5-6-17)11-9-19(31)10-12-26/h7-8,13,17,19,31H,5-6,9-12H2,1-4H3,(H,28,33)(H,29,34)/t19-,26-. The number of carbonyl (C=O) groups excluding carboxylic acids is 3. The molecule has 0 bridgehead atoms. The molecule has 1 aromatic carbocycles. The number of aliphatic hydroxyl groups excluding tert-OH is 1. The first-order valence-corrected chi connectivity index (χ1v) is 11.8. The van der Waals surface area contributed by atoms with Crippen LogP contribution in [-0.4, -0.2) is 38.9 Å². The monoisotopic (exact) mass is 469 g/mol. The van der Waals surface area contributed by atoms with E-state index in [1.54, 1.807) is 38.5 Å². The first-order valence-electron chi connectivity index (χ1n) is 11.8. The molecule has 1 aromatic heterocycles. The van der Waals surface area contributed by atoms with Crippen LogP contribution in [-0.2, 0) is 11.8 Å². The Labute approximate surface area is 198 Å². The third kappa shape index (κ3) is 4.39. The molecule has 2 amide bonds. The summed E-state index contributed by atoms with van der Waals surface area (Å²) in [6.07, 6.45) is 4.21. The molecule has 0 unspecified atom stereocenters. The number of aryl methyl sites for hydroxylation is 1. The van der Waals surface area contributed by atoms with Crippen molar-refractivity contribution in [3.63, 3.8) is 0 Å². The Bertz CT molecular complexity index is 1160. The number of nitrogens with one attached hydrogen (secondary N) is 2. The van der Waals surface area contributed by atoms with Gasteiger partial charge in [0.2, 0.25) is 0 Å². The zero-order chi connectivity index (χ0) is 24.8. The summed E-state index contributed by atoms with van der Waals surface area (Å²) in [4.78, 5) is 39.4. The highest BCUT2D eigenvalue weighted by atomic mass is 19.1. The van der Waals surface area contributed by atoms with Crippen molar-refractivity contribution >= 4 is 23.3 Å². The number of hydrogen-bond acceptors (Lipinski definition) is 4. The second-order valence-electron chi connectivity index (χ2n) is 9.86. The number of nitrogens with zero attached hydrogens (tertiary/aromatic N) is 1. The van der Waals surface area contributed by atoms with E-state index in [0.717, 1.165) is 12.8 Å². The summed E-state index contributed by atoms with van der Waals surface area (Å²) in [7, 11) is 1.66. The minimum absolute atomic E-state index is 0.178. The third-order valence-electron chi connectivity index (χ3n) is 7.56. The maximum Gasteiger partial charge on any atom is 0.294 e. The van der Waals surface area contributed by atoms with Gasteiger partial charge in [-0.25, -0.2) is 4.39 Å². The molecule has 0 aliphatic heterocycles. The lowest BCUT2D eigenvalue weighted by Crippen LogP contribution is -2.55. The van der Waals surface area contributed by atoms with E-state index in [4.69, 9.17) is 0 Å². The van der Waals surface area contributed by atoms with Gasteiger partial charge in [-0.2, -0.15) is 0 Å². The largest absolute Gasteiger partial charge is 0.393 e. The van der Waals surface area contributed by atoms with Gasteiger partial charge in [-0.3, -0.25) is 14.4 Å². The molecule has 1 heterocycles. The topological polar surface area (TPSA) is 100 Å². The molecule has 0 spiro atoms. The smallest absolute Gasteiger partial charge is 0.294 e. The van der Waals surface area contributed by atoms with Crippen LogP contribution in [0.25, 0.3) is 0 Å². The summed E-state index contributed by atoms with van der Waals surface area (Å²) in [6.45, 7) is 4.99. The summed E-state index contributed by atoms with van der Waals surface area (Å²) in [5.74, 6) is -1.79. The molecule has 8 heteroatoms. The molecule has 3 N–H and O–H groups in total. The number of rotatable bonds is 6. The van der Waals surface area contributed by atoms with Gasteiger partial charge in [-0.1, -0.05) is 0 Å². The zero-order valence-electron chi connectivity index (χ0n) is 20.1. The van der Waals surface area contributed by atoms with E-state index in [-0.39, 0.29) is 17.6 Å². The second kappa shape index (κ2) is 8.98. The van der Waals surface area contributed by atoms with Gasteiger partial charge >= 0.3 is 0 Å². The second-order valence-corrected chi connectivity index (χ2v) is 9.86. The molecule has 2 aliphatic carbocycles. The van der Waals surface area contributed by atoms with Crippen LogP contribution >= 0.6 is 0 Å². The lowest BCUT2D eigenvalue weighted by Gasteiger charge is -2.40. The van der Waals surface area contributed by atoms with Crippen molar-refractivity contribution in [3.8, 4) is 0 Å². The summed E-state index contributed by atoms with van der Waals surface area (Å²) >= 11 is 0. The van der Waals surface area contributed by atoms with Crippen molar-refractivity contribution in [1.29, 1.82) is 0 Å². The highest BCUT2D eigenvalue weighted by Gasteiger charge is 2.48. The van der Waals surface area contributed by atoms with Crippen molar-refractivity contribution in [3.05, 3.63) is 52.1 Å². The van der Waals surface area contributed by atoms with Gasteiger partial charge in [0.15, 0.2) is 0 Å². The van der Waals surface area contributed by atoms with Gasteiger partial charge in [0.05, 0.1) is 17.4 Å². The van der Waals surface area contributed by atoms with E-state index >= 15 is 0 Å². The van der Waals surface area contributed by atoms with Gasteiger partial charge in [0, 0.05) is 24.0 Å². The Morgan fingerprint density at radius 3 is 2.32 bits per heavy atom. The number of carbonyl (C=O) groups is 3. The van der Waals surface area contributed by atoms with Crippen molar-refractivity contribution < 1.29 is 23.9 Å². The number of benzene rings is 1. The van der Waals surface area contributed by atoms with E-state index in [1.807, 2.05) is 0 Å². The predicted octanol–water partition coefficient (Wildman–Crippen LogP) is 3.72.